The molecule has 0 heterocycles. The summed E-state index contributed by atoms with van der Waals surface area (Å²) >= 11 is 0. The lowest BCUT2D eigenvalue weighted by Crippen LogP contribution is -2.09. The van der Waals surface area contributed by atoms with Crippen molar-refractivity contribution in [1.82, 2.24) is 5.01 Å². The van der Waals surface area contributed by atoms with Crippen molar-refractivity contribution in [2.45, 2.75) is 19.8 Å². The molecular formula is C7H14N2. The van der Waals surface area contributed by atoms with Crippen LogP contribution in [0.2, 0.25) is 0 Å². The van der Waals surface area contributed by atoms with Crippen LogP contribution in [0, 0.1) is 0 Å². The van der Waals surface area contributed by atoms with Gasteiger partial charge < -0.3 is 0 Å². The normalized spacial score (nSPS) is 8.56. The second-order valence-corrected chi connectivity index (χ2v) is 1.84. The van der Waals surface area contributed by atoms with Crippen molar-refractivity contribution >= 4 is 6.72 Å². The van der Waals surface area contributed by atoms with Gasteiger partial charge in [-0.1, -0.05) is 19.9 Å². The molecule has 2 heteroatoms. The smallest absolute Gasteiger partial charge is 0.0408 e. The van der Waals surface area contributed by atoms with E-state index in [2.05, 4.69) is 25.3 Å². The Labute approximate surface area is 56.9 Å². The van der Waals surface area contributed by atoms with Crippen LogP contribution in [0.5, 0.6) is 0 Å². The molecule has 0 atom stereocenters. The van der Waals surface area contributed by atoms with Crippen molar-refractivity contribution in [3.63, 3.8) is 0 Å². The Bertz CT molecular complexity index is 80.9. The third kappa shape index (κ3) is 3.76. The van der Waals surface area contributed by atoms with Crippen LogP contribution >= 0.6 is 0 Å². The van der Waals surface area contributed by atoms with Gasteiger partial charge in [0.15, 0.2) is 0 Å². The van der Waals surface area contributed by atoms with Crippen LogP contribution in [0.4, 0.5) is 0 Å². The summed E-state index contributed by atoms with van der Waals surface area (Å²) < 4.78 is 0. The molecule has 2 nitrogen and oxygen atoms in total. The van der Waals surface area contributed by atoms with Crippen molar-refractivity contribution < 1.29 is 0 Å². The predicted octanol–water partition coefficient (Wildman–Crippen LogP) is 1.85. The lowest BCUT2D eigenvalue weighted by molar-refractivity contribution is 0.393. The third-order valence-corrected chi connectivity index (χ3v) is 1.13. The molecule has 0 unspecified atom stereocenters. The van der Waals surface area contributed by atoms with E-state index in [0.717, 1.165) is 13.0 Å². The van der Waals surface area contributed by atoms with Gasteiger partial charge in [0.2, 0.25) is 0 Å². The monoisotopic (exact) mass is 126 g/mol. The zero-order valence-corrected chi connectivity index (χ0v) is 6.01. The lowest BCUT2D eigenvalue weighted by atomic mass is 10.3. The van der Waals surface area contributed by atoms with Crippen LogP contribution in [0.1, 0.15) is 19.8 Å². The van der Waals surface area contributed by atoms with E-state index in [4.69, 9.17) is 0 Å². The minimum Gasteiger partial charge on any atom is -0.274 e. The van der Waals surface area contributed by atoms with Crippen molar-refractivity contribution in [1.29, 1.82) is 0 Å². The molecule has 0 spiro atoms. The minimum atomic E-state index is 0.934. The predicted molar refractivity (Wildman–Crippen MR) is 41.4 cm³/mol. The van der Waals surface area contributed by atoms with E-state index in [1.54, 1.807) is 11.2 Å². The Morgan fingerprint density at radius 2 is 2.33 bits per heavy atom. The van der Waals surface area contributed by atoms with Gasteiger partial charge in [-0.2, -0.15) is 5.10 Å². The van der Waals surface area contributed by atoms with Crippen LogP contribution in [0.3, 0.4) is 0 Å². The molecule has 0 amide bonds. The summed E-state index contributed by atoms with van der Waals surface area (Å²) in [6.07, 6.45) is 4.01. The number of nitrogens with zero attached hydrogens (tertiary/aromatic N) is 2. The first-order valence-corrected chi connectivity index (χ1v) is 3.21. The molecule has 0 aromatic rings. The molecular weight excluding hydrogens is 112 g/mol. The maximum absolute atomic E-state index is 3.71. The van der Waals surface area contributed by atoms with E-state index in [9.17, 15) is 0 Å². The van der Waals surface area contributed by atoms with Gasteiger partial charge in [-0.3, -0.25) is 5.01 Å². The van der Waals surface area contributed by atoms with Crippen LogP contribution in [0.15, 0.2) is 17.9 Å². The minimum absolute atomic E-state index is 0.934. The molecule has 0 aliphatic rings. The molecule has 0 aliphatic heterocycles. The van der Waals surface area contributed by atoms with Crippen LogP contribution < -0.4 is 0 Å². The van der Waals surface area contributed by atoms with Crippen molar-refractivity contribution in [2.24, 2.45) is 5.10 Å². The van der Waals surface area contributed by atoms with Gasteiger partial charge >= 0.3 is 0 Å². The SMILES string of the molecule is C=CN(CCCC)N=C. The molecule has 0 radical (unpaired) electrons. The van der Waals surface area contributed by atoms with E-state index in [-0.39, 0.29) is 0 Å². The van der Waals surface area contributed by atoms with E-state index in [1.165, 1.54) is 6.42 Å². The summed E-state index contributed by atoms with van der Waals surface area (Å²) in [5, 5.41) is 5.45. The Kier molecular flexibility index (Phi) is 4.88. The highest BCUT2D eigenvalue weighted by atomic mass is 15.4. The van der Waals surface area contributed by atoms with Crippen molar-refractivity contribution in [3.05, 3.63) is 12.8 Å². The molecule has 0 aromatic carbocycles. The zero-order valence-electron chi connectivity index (χ0n) is 6.01. The third-order valence-electron chi connectivity index (χ3n) is 1.13. The van der Waals surface area contributed by atoms with Crippen molar-refractivity contribution in [2.75, 3.05) is 6.54 Å². The van der Waals surface area contributed by atoms with Crippen molar-refractivity contribution in [3.8, 4) is 0 Å². The van der Waals surface area contributed by atoms with Gasteiger partial charge in [-0.15, -0.1) is 0 Å². The molecule has 0 aliphatic carbocycles. The van der Waals surface area contributed by atoms with Gasteiger partial charge in [0.05, 0.1) is 0 Å². The van der Waals surface area contributed by atoms with Gasteiger partial charge in [0.1, 0.15) is 0 Å². The second-order valence-electron chi connectivity index (χ2n) is 1.84. The first kappa shape index (κ1) is 8.21. The van der Waals surface area contributed by atoms with E-state index in [1.807, 2.05) is 0 Å². The fraction of sp³-hybridized carbons (Fsp3) is 0.571. The molecule has 0 bridgehead atoms. The number of hydrogen-bond acceptors (Lipinski definition) is 2. The summed E-state index contributed by atoms with van der Waals surface area (Å²) in [5.74, 6) is 0. The quantitative estimate of drug-likeness (QED) is 0.405. The Balaban J connectivity index is 3.30. The second kappa shape index (κ2) is 5.35. The maximum atomic E-state index is 3.71. The van der Waals surface area contributed by atoms with Crippen LogP contribution in [0.25, 0.3) is 0 Å². The van der Waals surface area contributed by atoms with Gasteiger partial charge in [-0.05, 0) is 6.42 Å². The Hall–Kier alpha value is -0.790. The fourth-order valence-electron chi connectivity index (χ4n) is 0.540. The number of hydrazone groups is 1. The number of unbranched alkanes of at least 4 members (excludes halogenated alkanes) is 1. The maximum Gasteiger partial charge on any atom is 0.0408 e. The van der Waals surface area contributed by atoms with E-state index < -0.39 is 0 Å². The van der Waals surface area contributed by atoms with Crippen LogP contribution in [-0.2, 0) is 0 Å². The van der Waals surface area contributed by atoms with Crippen LogP contribution in [-0.4, -0.2) is 18.3 Å². The van der Waals surface area contributed by atoms with Gasteiger partial charge in [-0.25, -0.2) is 0 Å². The highest BCUT2D eigenvalue weighted by Crippen LogP contribution is 1.93. The highest BCUT2D eigenvalue weighted by Gasteiger charge is 1.89. The zero-order chi connectivity index (χ0) is 7.11. The summed E-state index contributed by atoms with van der Waals surface area (Å²) in [6.45, 7) is 10.0. The first-order valence-electron chi connectivity index (χ1n) is 3.21. The average Bonchev–Trinajstić information content (AvgIpc) is 1.91. The summed E-state index contributed by atoms with van der Waals surface area (Å²) in [4.78, 5) is 0. The molecule has 0 fully saturated rings. The molecule has 9 heavy (non-hydrogen) atoms. The fourth-order valence-corrected chi connectivity index (χ4v) is 0.540. The standard InChI is InChI=1S/C7H14N2/c1-4-6-7-9(5-2)8-3/h5H,2-4,6-7H2,1H3. The first-order chi connectivity index (χ1) is 4.35. The number of hydrogen-bond donors (Lipinski definition) is 0. The molecule has 52 valence electrons. The summed E-state index contributed by atoms with van der Waals surface area (Å²) in [6, 6.07) is 0. The Morgan fingerprint density at radius 1 is 1.67 bits per heavy atom. The molecule has 0 aromatic heterocycles. The highest BCUT2D eigenvalue weighted by molar-refractivity contribution is 5.22. The Morgan fingerprint density at radius 3 is 2.67 bits per heavy atom. The van der Waals surface area contributed by atoms with E-state index >= 15 is 0 Å². The summed E-state index contributed by atoms with van der Waals surface area (Å²) in [5.41, 5.74) is 0. The molecule has 0 saturated carbocycles. The topological polar surface area (TPSA) is 15.6 Å². The summed E-state index contributed by atoms with van der Waals surface area (Å²) in [7, 11) is 0. The van der Waals surface area contributed by atoms with Gasteiger partial charge in [0.25, 0.3) is 0 Å². The largest absolute Gasteiger partial charge is 0.274 e. The van der Waals surface area contributed by atoms with Gasteiger partial charge in [0, 0.05) is 19.5 Å². The number of rotatable bonds is 5. The molecule has 0 saturated heterocycles. The molecule has 0 rings (SSSR count). The average molecular weight is 126 g/mol. The lowest BCUT2D eigenvalue weighted by Gasteiger charge is -2.10. The van der Waals surface area contributed by atoms with E-state index in [0.29, 0.717) is 0 Å². The molecule has 0 N–H and O–H groups in total.